The van der Waals surface area contributed by atoms with Crippen LogP contribution in [-0.2, 0) is 24.3 Å². The van der Waals surface area contributed by atoms with Crippen LogP contribution in [0.1, 0.15) is 75.5 Å². The number of allylic oxidation sites excluding steroid dienone is 1. The first-order chi connectivity index (χ1) is 16.3. The number of ketones is 1. The van der Waals surface area contributed by atoms with Crippen LogP contribution in [0.15, 0.2) is 36.5 Å². The van der Waals surface area contributed by atoms with Gasteiger partial charge in [0.1, 0.15) is 17.1 Å². The summed E-state index contributed by atoms with van der Waals surface area (Å²) in [6, 6.07) is 8.40. The summed E-state index contributed by atoms with van der Waals surface area (Å²) in [7, 11) is 0. The summed E-state index contributed by atoms with van der Waals surface area (Å²) in [5.41, 5.74) is 5.59. The zero-order chi connectivity index (χ0) is 24.7. The van der Waals surface area contributed by atoms with Crippen LogP contribution in [0.2, 0.25) is 5.28 Å². The first-order valence-electron chi connectivity index (χ1n) is 12.2. The van der Waals surface area contributed by atoms with Crippen molar-refractivity contribution in [2.75, 3.05) is 0 Å². The molecule has 2 heterocycles. The maximum atomic E-state index is 11.7. The number of rotatable bonds is 13. The summed E-state index contributed by atoms with van der Waals surface area (Å²) in [5.74, 6) is 1.11. The van der Waals surface area contributed by atoms with E-state index in [-0.39, 0.29) is 11.7 Å². The molecule has 3 rings (SSSR count). The van der Waals surface area contributed by atoms with Crippen LogP contribution < -0.4 is 5.32 Å². The molecule has 3 aromatic rings. The molecule has 1 atom stereocenters. The van der Waals surface area contributed by atoms with Crippen LogP contribution in [0.5, 0.6) is 0 Å². The van der Waals surface area contributed by atoms with Crippen molar-refractivity contribution < 1.29 is 4.79 Å². The van der Waals surface area contributed by atoms with Crippen molar-refractivity contribution in [1.82, 2.24) is 24.8 Å². The zero-order valence-corrected chi connectivity index (χ0v) is 21.6. The summed E-state index contributed by atoms with van der Waals surface area (Å²) < 4.78 is 1.95. The normalized spacial score (nSPS) is 12.1. The van der Waals surface area contributed by atoms with Gasteiger partial charge in [0.15, 0.2) is 5.65 Å². The number of Topliss-reactive ketones (excluding diaryl/α,β-unsaturated/α-hetero) is 1. The lowest BCUT2D eigenvalue weighted by Crippen LogP contribution is -2.18. The molecule has 0 radical (unpaired) electrons. The van der Waals surface area contributed by atoms with E-state index in [1.807, 2.05) is 18.4 Å². The van der Waals surface area contributed by atoms with E-state index in [0.29, 0.717) is 24.8 Å². The molecule has 1 unspecified atom stereocenters. The number of hydrogen-bond donors (Lipinski definition) is 1. The van der Waals surface area contributed by atoms with E-state index in [9.17, 15) is 4.79 Å². The van der Waals surface area contributed by atoms with Gasteiger partial charge in [-0.2, -0.15) is 0 Å². The van der Waals surface area contributed by atoms with Gasteiger partial charge in [0.05, 0.1) is 12.2 Å². The van der Waals surface area contributed by atoms with E-state index in [0.717, 1.165) is 58.8 Å². The van der Waals surface area contributed by atoms with Gasteiger partial charge in [0, 0.05) is 24.6 Å². The Morgan fingerprint density at radius 3 is 2.47 bits per heavy atom. The average Bonchev–Trinajstić information content (AvgIpc) is 3.12. The van der Waals surface area contributed by atoms with Gasteiger partial charge in [0.25, 0.3) is 0 Å². The Balaban J connectivity index is 1.67. The van der Waals surface area contributed by atoms with Crippen molar-refractivity contribution in [2.45, 2.75) is 79.3 Å². The molecule has 182 valence electrons. The molecule has 0 saturated carbocycles. The van der Waals surface area contributed by atoms with Crippen molar-refractivity contribution in [1.29, 1.82) is 0 Å². The van der Waals surface area contributed by atoms with Crippen molar-refractivity contribution in [3.8, 4) is 0 Å². The van der Waals surface area contributed by atoms with Gasteiger partial charge < -0.3 is 5.32 Å². The molecule has 7 heteroatoms. The number of aryl methyl sites for hydroxylation is 2. The number of unbranched alkanes of at least 4 members (excludes halogenated alkanes) is 2. The van der Waals surface area contributed by atoms with Crippen molar-refractivity contribution in [2.24, 2.45) is 5.92 Å². The smallest absolute Gasteiger partial charge is 0.205 e. The minimum atomic E-state index is 0.0386. The molecule has 0 spiro atoms. The first kappa shape index (κ1) is 25.9. The fraction of sp³-hybridized carbons (Fsp3) is 0.481. The number of imidazole rings is 1. The number of carbonyl (C=O) groups is 1. The number of hydrogen-bond acceptors (Lipinski definition) is 5. The Kier molecular flexibility index (Phi) is 9.22. The molecule has 0 saturated heterocycles. The lowest BCUT2D eigenvalue weighted by atomic mass is 9.97. The Hall–Kier alpha value is -2.73. The van der Waals surface area contributed by atoms with Gasteiger partial charge in [0.2, 0.25) is 5.28 Å². The minimum absolute atomic E-state index is 0.0386. The predicted molar refractivity (Wildman–Crippen MR) is 139 cm³/mol. The van der Waals surface area contributed by atoms with Crippen LogP contribution in [0.25, 0.3) is 11.2 Å². The average molecular weight is 482 g/mol. The lowest BCUT2D eigenvalue weighted by Gasteiger charge is -2.15. The molecule has 34 heavy (non-hydrogen) atoms. The predicted octanol–water partition coefficient (Wildman–Crippen LogP) is 6.18. The number of carbonyl (C=O) groups excluding carboxylic acids is 1. The molecule has 1 aromatic carbocycles. The number of nitrogens with zero attached hydrogens (tertiary/aromatic N) is 4. The third kappa shape index (κ3) is 6.66. The minimum Gasteiger partial charge on any atom is -0.385 e. The maximum Gasteiger partial charge on any atom is 0.205 e. The topological polar surface area (TPSA) is 72.7 Å². The first-order valence-corrected chi connectivity index (χ1v) is 12.6. The highest BCUT2D eigenvalue weighted by Gasteiger charge is 2.16. The van der Waals surface area contributed by atoms with Gasteiger partial charge in [-0.3, -0.25) is 9.36 Å². The fourth-order valence-electron chi connectivity index (χ4n) is 4.07. The quantitative estimate of drug-likeness (QED) is 0.233. The summed E-state index contributed by atoms with van der Waals surface area (Å²) in [4.78, 5) is 25.6. The van der Waals surface area contributed by atoms with Crippen LogP contribution in [-0.4, -0.2) is 25.3 Å². The van der Waals surface area contributed by atoms with Gasteiger partial charge >= 0.3 is 0 Å². The summed E-state index contributed by atoms with van der Waals surface area (Å²) >= 11 is 6.50. The Bertz CT molecular complexity index is 1140. The van der Waals surface area contributed by atoms with E-state index in [1.54, 1.807) is 6.92 Å². The maximum absolute atomic E-state index is 11.7. The Morgan fingerprint density at radius 1 is 1.12 bits per heavy atom. The van der Waals surface area contributed by atoms with Crippen molar-refractivity contribution >= 4 is 28.5 Å². The second-order valence-corrected chi connectivity index (χ2v) is 9.35. The van der Waals surface area contributed by atoms with Gasteiger partial charge in [-0.1, -0.05) is 57.5 Å². The van der Waals surface area contributed by atoms with E-state index in [2.05, 4.69) is 53.1 Å². The number of fused-ring (bicyclic) bond motifs is 1. The monoisotopic (exact) mass is 481 g/mol. The van der Waals surface area contributed by atoms with E-state index >= 15 is 0 Å². The van der Waals surface area contributed by atoms with Crippen LogP contribution in [0, 0.1) is 12.8 Å². The molecule has 1 N–H and O–H groups in total. The molecule has 0 aliphatic carbocycles. The molecular formula is C27H36ClN5O. The second-order valence-electron chi connectivity index (χ2n) is 9.02. The van der Waals surface area contributed by atoms with Gasteiger partial charge in [-0.25, -0.2) is 15.0 Å². The highest BCUT2D eigenvalue weighted by Crippen LogP contribution is 2.23. The van der Waals surface area contributed by atoms with E-state index in [4.69, 9.17) is 16.6 Å². The SMILES string of the molecule is C=C(CC(CC)C(C)=O)NCc1ccc(Cn2c(Cl)nc3c(C)nc(CCCCC)nc32)cc1. The Morgan fingerprint density at radius 2 is 1.82 bits per heavy atom. The highest BCUT2D eigenvalue weighted by molar-refractivity contribution is 6.29. The molecule has 0 aliphatic rings. The third-order valence-corrected chi connectivity index (χ3v) is 6.53. The summed E-state index contributed by atoms with van der Waals surface area (Å²) in [5, 5.41) is 3.78. The zero-order valence-electron chi connectivity index (χ0n) is 20.8. The van der Waals surface area contributed by atoms with Gasteiger partial charge in [-0.05, 0) is 55.8 Å². The molecule has 6 nitrogen and oxygen atoms in total. The van der Waals surface area contributed by atoms with Crippen LogP contribution in [0.3, 0.4) is 0 Å². The van der Waals surface area contributed by atoms with Crippen LogP contribution in [0.4, 0.5) is 0 Å². The standard InChI is InChI=1S/C27H36ClN5O/c1-6-8-9-10-24-30-19(4)25-26(31-24)33(27(28)32-25)17-22-13-11-21(12-14-22)16-29-18(3)15-23(7-2)20(5)34/h11-14,23,29H,3,6-10,15-17H2,1-2,4-5H3. The van der Waals surface area contributed by atoms with Crippen molar-refractivity contribution in [3.05, 3.63) is 64.5 Å². The Labute approximate surface area is 207 Å². The number of aromatic nitrogens is 4. The lowest BCUT2D eigenvalue weighted by molar-refractivity contribution is -0.120. The summed E-state index contributed by atoms with van der Waals surface area (Å²) in [6.45, 7) is 13.2. The number of nitrogens with one attached hydrogen (secondary N) is 1. The van der Waals surface area contributed by atoms with Crippen molar-refractivity contribution in [3.63, 3.8) is 0 Å². The van der Waals surface area contributed by atoms with E-state index < -0.39 is 0 Å². The highest BCUT2D eigenvalue weighted by atomic mass is 35.5. The molecule has 0 fully saturated rings. The molecule has 0 amide bonds. The van der Waals surface area contributed by atoms with Gasteiger partial charge in [-0.15, -0.1) is 0 Å². The molecule has 2 aromatic heterocycles. The number of halogens is 1. The number of benzene rings is 1. The molecule has 0 bridgehead atoms. The summed E-state index contributed by atoms with van der Waals surface area (Å²) in [6.07, 6.45) is 5.80. The van der Waals surface area contributed by atoms with Crippen LogP contribution >= 0.6 is 11.6 Å². The largest absolute Gasteiger partial charge is 0.385 e. The van der Waals surface area contributed by atoms with E-state index in [1.165, 1.54) is 12.8 Å². The fourth-order valence-corrected chi connectivity index (χ4v) is 4.29. The third-order valence-electron chi connectivity index (χ3n) is 6.24. The second kappa shape index (κ2) is 12.1. The molecule has 0 aliphatic heterocycles. The molecular weight excluding hydrogens is 446 g/mol.